The maximum absolute atomic E-state index is 13.8. The van der Waals surface area contributed by atoms with E-state index in [9.17, 15) is 4.79 Å². The summed E-state index contributed by atoms with van der Waals surface area (Å²) in [4.78, 5) is 13.8. The molecule has 0 N–H and O–H groups in total. The number of para-hydroxylation sites is 1. The van der Waals surface area contributed by atoms with Crippen LogP contribution in [0.5, 0.6) is 0 Å². The Morgan fingerprint density at radius 3 is 2.06 bits per heavy atom. The van der Waals surface area contributed by atoms with Crippen molar-refractivity contribution in [3.63, 3.8) is 0 Å². The van der Waals surface area contributed by atoms with Gasteiger partial charge in [-0.2, -0.15) is 5.10 Å². The summed E-state index contributed by atoms with van der Waals surface area (Å²) < 4.78 is 4.97. The minimum atomic E-state index is -0.702. The predicted molar refractivity (Wildman–Crippen MR) is 141 cm³/mol. The fourth-order valence-corrected chi connectivity index (χ4v) is 4.71. The molecule has 1 aromatic heterocycles. The molecule has 0 aliphatic carbocycles. The third-order valence-electron chi connectivity index (χ3n) is 5.57. The summed E-state index contributed by atoms with van der Waals surface area (Å²) in [6.07, 6.45) is 0. The van der Waals surface area contributed by atoms with Gasteiger partial charge in [0.05, 0.1) is 0 Å². The zero-order valence-corrected chi connectivity index (χ0v) is 20.5. The minimum Gasteiger partial charge on any atom is -0.291 e. The number of hydrogen-bond donors (Lipinski definition) is 0. The van der Waals surface area contributed by atoms with Gasteiger partial charge in [-0.3, -0.25) is 9.36 Å². The Morgan fingerprint density at radius 1 is 0.794 bits per heavy atom. The van der Waals surface area contributed by atoms with E-state index in [0.717, 1.165) is 21.3 Å². The first-order valence-corrected chi connectivity index (χ1v) is 12.0. The van der Waals surface area contributed by atoms with E-state index in [1.807, 2.05) is 120 Å². The highest BCUT2D eigenvalue weighted by Gasteiger charge is 2.28. The van der Waals surface area contributed by atoms with Gasteiger partial charge in [0.2, 0.25) is 4.77 Å². The number of benzene rings is 4. The molecule has 0 unspecified atom stereocenters. The average molecular weight is 526 g/mol. The zero-order chi connectivity index (χ0) is 23.5. The van der Waals surface area contributed by atoms with Crippen molar-refractivity contribution in [1.29, 1.82) is 0 Å². The number of rotatable bonds is 6. The molecular formula is C28H20BrN3OS. The van der Waals surface area contributed by atoms with Crippen LogP contribution in [0.2, 0.25) is 0 Å². The highest BCUT2D eigenvalue weighted by atomic mass is 79.9. The molecule has 1 atom stereocenters. The lowest BCUT2D eigenvalue weighted by molar-refractivity contribution is 0.0939. The van der Waals surface area contributed by atoms with Crippen molar-refractivity contribution < 1.29 is 4.79 Å². The van der Waals surface area contributed by atoms with Crippen molar-refractivity contribution in [2.45, 2.75) is 6.04 Å². The summed E-state index contributed by atoms with van der Waals surface area (Å²) in [5, 5.41) is 4.95. The van der Waals surface area contributed by atoms with Gasteiger partial charge in [-0.05, 0) is 42.0 Å². The second-order valence-electron chi connectivity index (χ2n) is 7.78. The predicted octanol–water partition coefficient (Wildman–Crippen LogP) is 7.31. The van der Waals surface area contributed by atoms with E-state index >= 15 is 0 Å². The molecular weight excluding hydrogens is 506 g/mol. The van der Waals surface area contributed by atoms with E-state index in [1.54, 1.807) is 4.68 Å². The third-order valence-corrected chi connectivity index (χ3v) is 6.43. The molecule has 5 aromatic rings. The van der Waals surface area contributed by atoms with Gasteiger partial charge in [-0.25, -0.2) is 4.68 Å². The van der Waals surface area contributed by atoms with Gasteiger partial charge in [0.15, 0.2) is 11.6 Å². The fourth-order valence-electron chi connectivity index (χ4n) is 3.97. The number of aromatic nitrogens is 3. The van der Waals surface area contributed by atoms with Gasteiger partial charge >= 0.3 is 0 Å². The van der Waals surface area contributed by atoms with Crippen LogP contribution >= 0.6 is 28.1 Å². The van der Waals surface area contributed by atoms with Crippen LogP contribution in [-0.2, 0) is 0 Å². The third kappa shape index (κ3) is 4.30. The molecule has 34 heavy (non-hydrogen) atoms. The zero-order valence-electron chi connectivity index (χ0n) is 18.1. The molecule has 166 valence electrons. The molecule has 0 bridgehead atoms. The van der Waals surface area contributed by atoms with E-state index in [-0.39, 0.29) is 5.78 Å². The van der Waals surface area contributed by atoms with Gasteiger partial charge in [-0.15, -0.1) is 0 Å². The average Bonchev–Trinajstić information content (AvgIpc) is 3.22. The number of ketones is 1. The first-order valence-electron chi connectivity index (χ1n) is 10.8. The van der Waals surface area contributed by atoms with Crippen LogP contribution in [0, 0.1) is 4.77 Å². The van der Waals surface area contributed by atoms with Crippen molar-refractivity contribution in [2.24, 2.45) is 0 Å². The molecule has 4 aromatic carbocycles. The van der Waals surface area contributed by atoms with Crippen LogP contribution in [0.1, 0.15) is 22.0 Å². The van der Waals surface area contributed by atoms with E-state index in [4.69, 9.17) is 17.3 Å². The van der Waals surface area contributed by atoms with Gasteiger partial charge in [0.25, 0.3) is 0 Å². The molecule has 0 aliphatic heterocycles. The number of halogens is 1. The molecule has 5 rings (SSSR count). The van der Waals surface area contributed by atoms with Gasteiger partial charge < -0.3 is 0 Å². The van der Waals surface area contributed by atoms with Crippen LogP contribution in [0.4, 0.5) is 0 Å². The number of Topliss-reactive ketones (excluding diaryl/α,β-unsaturated/α-hetero) is 1. The summed E-state index contributed by atoms with van der Waals surface area (Å²) in [6, 6.07) is 36.0. The first-order chi connectivity index (χ1) is 16.6. The van der Waals surface area contributed by atoms with E-state index < -0.39 is 6.04 Å². The fraction of sp³-hybridized carbons (Fsp3) is 0.0357. The number of nitrogens with zero attached hydrogens (tertiary/aromatic N) is 3. The Bertz CT molecular complexity index is 1500. The highest BCUT2D eigenvalue weighted by molar-refractivity contribution is 9.10. The normalized spacial score (nSPS) is 11.8. The number of hydrogen-bond acceptors (Lipinski definition) is 3. The molecule has 0 saturated heterocycles. The lowest BCUT2D eigenvalue weighted by Crippen LogP contribution is -2.22. The van der Waals surface area contributed by atoms with Gasteiger partial charge in [-0.1, -0.05) is 107 Å². The molecule has 0 spiro atoms. The SMILES string of the molecule is O=C(c1ccccc1)[C@H](c1ccccc1)n1nc(-c2cccc(Br)c2)n(-c2ccccc2)c1=S. The lowest BCUT2D eigenvalue weighted by atomic mass is 9.97. The van der Waals surface area contributed by atoms with Crippen LogP contribution in [0.25, 0.3) is 17.1 Å². The Balaban J connectivity index is 1.77. The summed E-state index contributed by atoms with van der Waals surface area (Å²) in [5.41, 5.74) is 3.21. The van der Waals surface area contributed by atoms with Crippen molar-refractivity contribution in [3.8, 4) is 17.1 Å². The number of carbonyl (C=O) groups is 1. The molecule has 6 heteroatoms. The van der Waals surface area contributed by atoms with Gasteiger partial charge in [0, 0.05) is 21.3 Å². The monoisotopic (exact) mass is 525 g/mol. The van der Waals surface area contributed by atoms with Crippen molar-refractivity contribution in [1.82, 2.24) is 14.3 Å². The Hall–Kier alpha value is -3.61. The standard InChI is InChI=1S/C28H20BrN3OS/c29-23-16-10-15-22(19-23)27-30-32(28(34)31(27)24-17-8-3-9-18-24)25(20-11-4-1-5-12-20)26(33)21-13-6-2-7-14-21/h1-19,25H/t25-/m0/s1. The highest BCUT2D eigenvalue weighted by Crippen LogP contribution is 2.29. The van der Waals surface area contributed by atoms with Crippen LogP contribution in [-0.4, -0.2) is 20.1 Å². The lowest BCUT2D eigenvalue weighted by Gasteiger charge is -2.17. The van der Waals surface area contributed by atoms with E-state index in [1.165, 1.54) is 0 Å². The first kappa shape index (κ1) is 22.2. The minimum absolute atomic E-state index is 0.0681. The molecule has 0 radical (unpaired) electrons. The quantitative estimate of drug-likeness (QED) is 0.172. The maximum Gasteiger partial charge on any atom is 0.203 e. The van der Waals surface area contributed by atoms with Gasteiger partial charge in [0.1, 0.15) is 6.04 Å². The van der Waals surface area contributed by atoms with Crippen LogP contribution in [0.3, 0.4) is 0 Å². The molecule has 0 aliphatic rings. The molecule has 0 amide bonds. The summed E-state index contributed by atoms with van der Waals surface area (Å²) in [7, 11) is 0. The molecule has 0 fully saturated rings. The molecule has 1 heterocycles. The van der Waals surface area contributed by atoms with E-state index in [2.05, 4.69) is 15.9 Å². The summed E-state index contributed by atoms with van der Waals surface area (Å²) >= 11 is 9.53. The Kier molecular flexibility index (Phi) is 6.34. The summed E-state index contributed by atoms with van der Waals surface area (Å²) in [6.45, 7) is 0. The van der Waals surface area contributed by atoms with Crippen LogP contribution in [0.15, 0.2) is 120 Å². The largest absolute Gasteiger partial charge is 0.291 e. The van der Waals surface area contributed by atoms with Crippen molar-refractivity contribution in [3.05, 3.63) is 136 Å². The van der Waals surface area contributed by atoms with E-state index in [0.29, 0.717) is 16.2 Å². The maximum atomic E-state index is 13.8. The molecule has 4 nitrogen and oxygen atoms in total. The Labute approximate surface area is 211 Å². The Morgan fingerprint density at radius 2 is 1.41 bits per heavy atom. The number of carbonyl (C=O) groups excluding carboxylic acids is 1. The smallest absolute Gasteiger partial charge is 0.203 e. The second-order valence-corrected chi connectivity index (χ2v) is 9.06. The topological polar surface area (TPSA) is 39.8 Å². The van der Waals surface area contributed by atoms with Crippen LogP contribution < -0.4 is 0 Å². The van der Waals surface area contributed by atoms with Crippen molar-refractivity contribution >= 4 is 33.9 Å². The summed E-state index contributed by atoms with van der Waals surface area (Å²) in [5.74, 6) is 0.598. The second kappa shape index (κ2) is 9.71. The molecule has 0 saturated carbocycles. The van der Waals surface area contributed by atoms with Crippen molar-refractivity contribution in [2.75, 3.05) is 0 Å².